The molecule has 0 nitrogen and oxygen atoms in total. The summed E-state index contributed by atoms with van der Waals surface area (Å²) in [5, 5.41) is 0. The van der Waals surface area contributed by atoms with Crippen molar-refractivity contribution in [2.24, 2.45) is 0 Å². The summed E-state index contributed by atoms with van der Waals surface area (Å²) < 4.78 is 3.88. The molecule has 0 bridgehead atoms. The summed E-state index contributed by atoms with van der Waals surface area (Å²) in [6, 6.07) is 21.5. The fourth-order valence-corrected chi connectivity index (χ4v) is 3.60. The van der Waals surface area contributed by atoms with Gasteiger partial charge < -0.3 is 0 Å². The summed E-state index contributed by atoms with van der Waals surface area (Å²) >= 11 is 0.0732. The lowest BCUT2D eigenvalue weighted by Gasteiger charge is -1.97. The van der Waals surface area contributed by atoms with Gasteiger partial charge in [-0.2, -0.15) is 0 Å². The number of hydrogen-bond acceptors (Lipinski definition) is 0. The molecule has 2 rings (SSSR count). The van der Waals surface area contributed by atoms with Gasteiger partial charge in [0.1, 0.15) is 0 Å². The van der Waals surface area contributed by atoms with E-state index in [0.717, 1.165) is 0 Å². The molecule has 0 saturated carbocycles. The zero-order valence-electron chi connectivity index (χ0n) is 10.4. The molecule has 2 aromatic rings. The predicted molar refractivity (Wildman–Crippen MR) is 73.7 cm³/mol. The van der Waals surface area contributed by atoms with E-state index in [1.165, 1.54) is 28.4 Å². The normalized spacial score (nSPS) is 10.9. The van der Waals surface area contributed by atoms with Gasteiger partial charge in [-0.1, -0.05) is 48.5 Å². The van der Waals surface area contributed by atoms with Crippen LogP contribution in [0.15, 0.2) is 70.8 Å². The van der Waals surface area contributed by atoms with E-state index >= 15 is 0 Å². The third-order valence-electron chi connectivity index (χ3n) is 2.69. The first kappa shape index (κ1) is 13.3. The summed E-state index contributed by atoms with van der Waals surface area (Å²) in [4.78, 5) is 0. The summed E-state index contributed by atoms with van der Waals surface area (Å²) in [6.45, 7) is 0. The van der Waals surface area contributed by atoms with Gasteiger partial charge >= 0.3 is 21.2 Å². The van der Waals surface area contributed by atoms with Gasteiger partial charge in [0.15, 0.2) is 7.65 Å². The molecule has 2 aromatic carbocycles. The highest BCUT2D eigenvalue weighted by Gasteiger charge is 2.04. The van der Waals surface area contributed by atoms with Gasteiger partial charge in [0.2, 0.25) is 0 Å². The van der Waals surface area contributed by atoms with Crippen molar-refractivity contribution in [1.82, 2.24) is 0 Å². The number of halogens is 1. The molecule has 0 N–H and O–H groups in total. The fraction of sp³-hybridized carbons (Fsp3) is 0.176. The van der Waals surface area contributed by atoms with E-state index in [9.17, 15) is 0 Å². The van der Waals surface area contributed by atoms with Gasteiger partial charge in [0, 0.05) is 0 Å². The van der Waals surface area contributed by atoms with Crippen LogP contribution in [0.25, 0.3) is 0 Å². The number of rotatable bonds is 6. The minimum atomic E-state index is 0.0732. The number of allylic oxidation sites excluding steroid dienone is 1. The maximum atomic E-state index is 2.39. The minimum absolute atomic E-state index is 0.0732. The fourth-order valence-electron chi connectivity index (χ4n) is 1.74. The molecule has 0 radical (unpaired) electrons. The van der Waals surface area contributed by atoms with Crippen molar-refractivity contribution in [1.29, 1.82) is 0 Å². The van der Waals surface area contributed by atoms with Gasteiger partial charge in [-0.25, -0.2) is 0 Å². The number of unbranched alkanes of at least 4 members (excludes halogenated alkanes) is 1. The molecular weight excluding hydrogens is 331 g/mol. The quantitative estimate of drug-likeness (QED) is 0.548. The average molecular weight is 349 g/mol. The van der Waals surface area contributed by atoms with E-state index in [2.05, 4.69) is 70.8 Å². The molecule has 0 spiro atoms. The Morgan fingerprint density at radius 1 is 0.833 bits per heavy atom. The molecule has 0 saturated heterocycles. The van der Waals surface area contributed by atoms with E-state index in [4.69, 9.17) is 0 Å². The Morgan fingerprint density at radius 3 is 2.22 bits per heavy atom. The van der Waals surface area contributed by atoms with Crippen LogP contribution >= 0.6 is 0 Å². The molecule has 0 unspecified atom stereocenters. The number of aryl methyl sites for hydroxylation is 1. The lowest BCUT2D eigenvalue weighted by atomic mass is 10.1. The second kappa shape index (κ2) is 8.09. The Balaban J connectivity index is 1.64. The lowest BCUT2D eigenvalue weighted by Crippen LogP contribution is -3.59. The minimum Gasteiger partial charge on any atom is -0.0622 e. The maximum absolute atomic E-state index is 2.39. The van der Waals surface area contributed by atoms with Crippen molar-refractivity contribution in [2.45, 2.75) is 19.3 Å². The van der Waals surface area contributed by atoms with E-state index in [1.54, 1.807) is 0 Å². The van der Waals surface area contributed by atoms with Gasteiger partial charge in [-0.3, -0.25) is 0 Å². The van der Waals surface area contributed by atoms with Crippen molar-refractivity contribution in [3.8, 4) is 0 Å². The Morgan fingerprint density at radius 2 is 1.50 bits per heavy atom. The summed E-state index contributed by atoms with van der Waals surface area (Å²) in [5.41, 5.74) is 1.45. The molecule has 18 heavy (non-hydrogen) atoms. The van der Waals surface area contributed by atoms with Crippen LogP contribution in [0.3, 0.4) is 0 Å². The van der Waals surface area contributed by atoms with Crippen molar-refractivity contribution in [3.05, 3.63) is 80.0 Å². The standard InChI is InChI=1S/C17H18I/c1-4-10-16(11-5-1)12-6-3-9-15-18-17-13-7-2-8-14-17/h1-2,4-5,7-11,13-15H,3,6,12H2/q+1/b15-9+. The summed E-state index contributed by atoms with van der Waals surface area (Å²) in [7, 11) is 0. The Hall–Kier alpha value is -1.09. The van der Waals surface area contributed by atoms with Crippen LogP contribution in [0.2, 0.25) is 0 Å². The van der Waals surface area contributed by atoms with Crippen molar-refractivity contribution < 1.29 is 21.2 Å². The van der Waals surface area contributed by atoms with E-state index in [-0.39, 0.29) is 21.2 Å². The van der Waals surface area contributed by atoms with E-state index < -0.39 is 0 Å². The maximum Gasteiger partial charge on any atom is 0.349 e. The van der Waals surface area contributed by atoms with Crippen molar-refractivity contribution in [2.75, 3.05) is 0 Å². The molecule has 92 valence electrons. The Bertz CT molecular complexity index is 459. The van der Waals surface area contributed by atoms with Crippen LogP contribution in [-0.4, -0.2) is 0 Å². The number of hydrogen-bond donors (Lipinski definition) is 0. The smallest absolute Gasteiger partial charge is 0.0622 e. The highest BCUT2D eigenvalue weighted by atomic mass is 127. The van der Waals surface area contributed by atoms with Gasteiger partial charge in [-0.05, 0) is 43.0 Å². The van der Waals surface area contributed by atoms with Crippen LogP contribution in [-0.2, 0) is 6.42 Å². The van der Waals surface area contributed by atoms with Crippen molar-refractivity contribution >= 4 is 0 Å². The zero-order valence-corrected chi connectivity index (χ0v) is 12.6. The van der Waals surface area contributed by atoms with Crippen LogP contribution in [0, 0.1) is 3.57 Å². The van der Waals surface area contributed by atoms with Crippen molar-refractivity contribution in [3.63, 3.8) is 0 Å². The first-order valence-corrected chi connectivity index (χ1v) is 8.65. The SMILES string of the molecule is C(=C\[I+]c1ccccc1)/CCCc1ccccc1. The van der Waals surface area contributed by atoms with Crippen LogP contribution in [0.1, 0.15) is 18.4 Å². The second-order valence-corrected chi connectivity index (χ2v) is 6.73. The van der Waals surface area contributed by atoms with Crippen LogP contribution in [0.4, 0.5) is 0 Å². The molecule has 0 aliphatic rings. The molecule has 0 aliphatic carbocycles. The van der Waals surface area contributed by atoms with Gasteiger partial charge in [0.25, 0.3) is 0 Å². The first-order chi connectivity index (χ1) is 8.95. The molecule has 1 heteroatoms. The average Bonchev–Trinajstić information content (AvgIpc) is 2.45. The largest absolute Gasteiger partial charge is 0.349 e. The van der Waals surface area contributed by atoms with E-state index in [0.29, 0.717) is 0 Å². The second-order valence-electron chi connectivity index (χ2n) is 4.14. The summed E-state index contributed by atoms with van der Waals surface area (Å²) in [5.74, 6) is 0. The monoisotopic (exact) mass is 349 g/mol. The Labute approximate surface area is 120 Å². The third-order valence-corrected chi connectivity index (χ3v) is 5.00. The molecular formula is C17H18I+. The predicted octanol–water partition coefficient (Wildman–Crippen LogP) is 1.48. The first-order valence-electron chi connectivity index (χ1n) is 6.32. The number of benzene rings is 2. The molecule has 0 heterocycles. The van der Waals surface area contributed by atoms with E-state index in [1.807, 2.05) is 0 Å². The van der Waals surface area contributed by atoms with Crippen LogP contribution in [0.5, 0.6) is 0 Å². The Kier molecular flexibility index (Phi) is 6.00. The third kappa shape index (κ3) is 5.05. The topological polar surface area (TPSA) is 0 Å². The highest BCUT2D eigenvalue weighted by Crippen LogP contribution is 2.04. The summed E-state index contributed by atoms with van der Waals surface area (Å²) in [6.07, 6.45) is 5.98. The molecule has 0 aliphatic heterocycles. The van der Waals surface area contributed by atoms with Gasteiger partial charge in [-0.15, -0.1) is 0 Å². The highest BCUT2D eigenvalue weighted by molar-refractivity contribution is 5.14. The molecule has 0 amide bonds. The zero-order chi connectivity index (χ0) is 12.5. The van der Waals surface area contributed by atoms with Gasteiger partial charge in [0.05, 0.1) is 0 Å². The molecule has 0 atom stereocenters. The lowest BCUT2D eigenvalue weighted by molar-refractivity contribution is -0.557. The van der Waals surface area contributed by atoms with Crippen LogP contribution < -0.4 is 21.2 Å². The molecule has 0 fully saturated rings. The molecule has 0 aromatic heterocycles.